The van der Waals surface area contributed by atoms with Crippen molar-refractivity contribution >= 4 is 16.1 Å². The van der Waals surface area contributed by atoms with Gasteiger partial charge in [-0.2, -0.15) is 0 Å². The summed E-state index contributed by atoms with van der Waals surface area (Å²) in [5, 5.41) is 2.43. The Balaban J connectivity index is 2.70. The Morgan fingerprint density at radius 3 is 2.44 bits per heavy atom. The molecule has 2 N–H and O–H groups in total. The van der Waals surface area contributed by atoms with Gasteiger partial charge in [-0.3, -0.25) is 0 Å². The summed E-state index contributed by atoms with van der Waals surface area (Å²) in [7, 11) is -3.75. The zero-order valence-electron chi connectivity index (χ0n) is 8.93. The summed E-state index contributed by atoms with van der Waals surface area (Å²) in [6.45, 7) is 2.32. The summed E-state index contributed by atoms with van der Waals surface area (Å²) in [6, 6.07) is 7.05. The number of carbonyl (C=O) groups is 1. The van der Waals surface area contributed by atoms with Gasteiger partial charge < -0.3 is 5.32 Å². The van der Waals surface area contributed by atoms with Crippen LogP contribution in [0.15, 0.2) is 35.2 Å². The molecule has 0 heterocycles. The second-order valence-corrected chi connectivity index (χ2v) is 4.86. The smallest absolute Gasteiger partial charge is 0.328 e. The van der Waals surface area contributed by atoms with Gasteiger partial charge >= 0.3 is 6.03 Å². The molecule has 0 saturated heterocycles. The normalized spacial score (nSPS) is 10.8. The highest BCUT2D eigenvalue weighted by molar-refractivity contribution is 7.90. The maximum Gasteiger partial charge on any atom is 0.328 e. The topological polar surface area (TPSA) is 75.3 Å². The Kier molecular flexibility index (Phi) is 4.30. The van der Waals surface area contributed by atoms with Gasteiger partial charge in [0.25, 0.3) is 10.0 Å². The van der Waals surface area contributed by atoms with Crippen LogP contribution >= 0.6 is 0 Å². The van der Waals surface area contributed by atoms with Gasteiger partial charge in [0.05, 0.1) is 4.90 Å². The van der Waals surface area contributed by atoms with Crippen LogP contribution in [0.2, 0.25) is 0 Å². The van der Waals surface area contributed by atoms with E-state index in [-0.39, 0.29) is 4.90 Å². The molecule has 0 aromatic heterocycles. The third-order valence-corrected chi connectivity index (χ3v) is 3.16. The standard InChI is InChI=1S/C10H14N2O3S/c1-2-8-11-10(13)12-16(14,15)9-6-4-3-5-7-9/h3-7H,2,8H2,1H3,(H2,11,12,13). The second kappa shape index (κ2) is 5.50. The van der Waals surface area contributed by atoms with Crippen molar-refractivity contribution in [2.45, 2.75) is 18.2 Å². The van der Waals surface area contributed by atoms with Gasteiger partial charge in [0.2, 0.25) is 0 Å². The van der Waals surface area contributed by atoms with Crippen LogP contribution in [-0.4, -0.2) is 21.0 Å². The maximum absolute atomic E-state index is 11.6. The minimum atomic E-state index is -3.75. The summed E-state index contributed by atoms with van der Waals surface area (Å²) in [5.74, 6) is 0. The van der Waals surface area contributed by atoms with E-state index in [1.165, 1.54) is 12.1 Å². The molecule has 2 amide bonds. The number of hydrogen-bond donors (Lipinski definition) is 2. The van der Waals surface area contributed by atoms with Gasteiger partial charge in [0, 0.05) is 6.54 Å². The third-order valence-electron chi connectivity index (χ3n) is 1.82. The third kappa shape index (κ3) is 3.54. The van der Waals surface area contributed by atoms with Crippen LogP contribution in [0.4, 0.5) is 4.79 Å². The molecule has 0 aliphatic rings. The predicted octanol–water partition coefficient (Wildman–Crippen LogP) is 1.08. The fraction of sp³-hybridized carbons (Fsp3) is 0.300. The fourth-order valence-corrected chi connectivity index (χ4v) is 2.00. The molecule has 6 heteroatoms. The number of nitrogens with one attached hydrogen (secondary N) is 2. The van der Waals surface area contributed by atoms with E-state index in [9.17, 15) is 13.2 Å². The van der Waals surface area contributed by atoms with Crippen molar-refractivity contribution in [2.75, 3.05) is 6.54 Å². The number of benzene rings is 1. The lowest BCUT2D eigenvalue weighted by molar-refractivity contribution is 0.246. The fourth-order valence-electron chi connectivity index (χ4n) is 1.06. The highest BCUT2D eigenvalue weighted by atomic mass is 32.2. The quantitative estimate of drug-likeness (QED) is 0.829. The van der Waals surface area contributed by atoms with Crippen molar-refractivity contribution in [1.82, 2.24) is 10.0 Å². The molecule has 0 aliphatic carbocycles. The van der Waals surface area contributed by atoms with Crippen LogP contribution in [0, 0.1) is 0 Å². The van der Waals surface area contributed by atoms with Gasteiger partial charge in [-0.25, -0.2) is 17.9 Å². The SMILES string of the molecule is CCCNC(=O)NS(=O)(=O)c1ccccc1. The van der Waals surface area contributed by atoms with E-state index < -0.39 is 16.1 Å². The molecule has 1 aromatic carbocycles. The molecule has 0 radical (unpaired) electrons. The molecule has 1 rings (SSSR count). The molecule has 16 heavy (non-hydrogen) atoms. The Morgan fingerprint density at radius 2 is 1.88 bits per heavy atom. The van der Waals surface area contributed by atoms with E-state index in [1.54, 1.807) is 18.2 Å². The number of hydrogen-bond acceptors (Lipinski definition) is 3. The highest BCUT2D eigenvalue weighted by Gasteiger charge is 2.16. The molecule has 0 saturated carbocycles. The number of carbonyl (C=O) groups excluding carboxylic acids is 1. The zero-order valence-corrected chi connectivity index (χ0v) is 9.75. The zero-order chi connectivity index (χ0) is 12.0. The van der Waals surface area contributed by atoms with Crippen LogP contribution in [0.1, 0.15) is 13.3 Å². The Morgan fingerprint density at radius 1 is 1.25 bits per heavy atom. The Labute approximate surface area is 94.9 Å². The number of urea groups is 1. The number of amides is 2. The molecule has 0 fully saturated rings. The number of sulfonamides is 1. The predicted molar refractivity (Wildman–Crippen MR) is 60.5 cm³/mol. The van der Waals surface area contributed by atoms with Crippen molar-refractivity contribution in [3.05, 3.63) is 30.3 Å². The minimum Gasteiger partial charge on any atom is -0.337 e. The summed E-state index contributed by atoms with van der Waals surface area (Å²) >= 11 is 0. The van der Waals surface area contributed by atoms with Crippen molar-refractivity contribution in [2.24, 2.45) is 0 Å². The van der Waals surface area contributed by atoms with E-state index >= 15 is 0 Å². The van der Waals surface area contributed by atoms with Crippen LogP contribution in [0.3, 0.4) is 0 Å². The first-order chi connectivity index (χ1) is 7.56. The van der Waals surface area contributed by atoms with Crippen molar-refractivity contribution in [3.8, 4) is 0 Å². The van der Waals surface area contributed by atoms with E-state index in [4.69, 9.17) is 0 Å². The first kappa shape index (κ1) is 12.5. The Hall–Kier alpha value is -1.56. The maximum atomic E-state index is 11.6. The molecular weight excluding hydrogens is 228 g/mol. The van der Waals surface area contributed by atoms with Crippen LogP contribution in [0.25, 0.3) is 0 Å². The largest absolute Gasteiger partial charge is 0.337 e. The van der Waals surface area contributed by atoms with Crippen molar-refractivity contribution in [1.29, 1.82) is 0 Å². The monoisotopic (exact) mass is 242 g/mol. The van der Waals surface area contributed by atoms with Gasteiger partial charge in [-0.1, -0.05) is 25.1 Å². The van der Waals surface area contributed by atoms with E-state index in [2.05, 4.69) is 5.32 Å². The molecule has 1 aromatic rings. The van der Waals surface area contributed by atoms with Crippen molar-refractivity contribution in [3.63, 3.8) is 0 Å². The van der Waals surface area contributed by atoms with E-state index in [0.29, 0.717) is 6.54 Å². The molecule has 5 nitrogen and oxygen atoms in total. The summed E-state index contributed by atoms with van der Waals surface area (Å²) in [4.78, 5) is 11.3. The van der Waals surface area contributed by atoms with E-state index in [0.717, 1.165) is 6.42 Å². The molecule has 0 spiro atoms. The number of rotatable bonds is 4. The first-order valence-corrected chi connectivity index (χ1v) is 6.40. The van der Waals surface area contributed by atoms with E-state index in [1.807, 2.05) is 11.6 Å². The van der Waals surface area contributed by atoms with Crippen LogP contribution in [0.5, 0.6) is 0 Å². The average molecular weight is 242 g/mol. The van der Waals surface area contributed by atoms with Crippen molar-refractivity contribution < 1.29 is 13.2 Å². The second-order valence-electron chi connectivity index (χ2n) is 3.17. The van der Waals surface area contributed by atoms with Crippen LogP contribution < -0.4 is 10.0 Å². The highest BCUT2D eigenvalue weighted by Crippen LogP contribution is 2.06. The van der Waals surface area contributed by atoms with Gasteiger partial charge in [0.1, 0.15) is 0 Å². The lowest BCUT2D eigenvalue weighted by atomic mass is 10.4. The summed E-state index contributed by atoms with van der Waals surface area (Å²) < 4.78 is 25.2. The molecular formula is C10H14N2O3S. The van der Waals surface area contributed by atoms with Gasteiger partial charge in [-0.15, -0.1) is 0 Å². The lowest BCUT2D eigenvalue weighted by Crippen LogP contribution is -2.39. The summed E-state index contributed by atoms with van der Waals surface area (Å²) in [6.07, 6.45) is 0.749. The van der Waals surface area contributed by atoms with Crippen LogP contribution in [-0.2, 0) is 10.0 Å². The minimum absolute atomic E-state index is 0.0710. The molecule has 0 atom stereocenters. The lowest BCUT2D eigenvalue weighted by Gasteiger charge is -2.07. The Bertz CT molecular complexity index is 442. The molecule has 0 bridgehead atoms. The summed E-state index contributed by atoms with van der Waals surface area (Å²) in [5.41, 5.74) is 0. The van der Waals surface area contributed by atoms with Gasteiger partial charge in [-0.05, 0) is 18.6 Å². The molecule has 0 aliphatic heterocycles. The molecule has 88 valence electrons. The molecule has 0 unspecified atom stereocenters. The first-order valence-electron chi connectivity index (χ1n) is 4.92. The average Bonchev–Trinajstić information content (AvgIpc) is 2.27. The van der Waals surface area contributed by atoms with Gasteiger partial charge in [0.15, 0.2) is 0 Å².